The van der Waals surface area contributed by atoms with E-state index >= 15 is 0 Å². The van der Waals surface area contributed by atoms with Crippen LogP contribution >= 0.6 is 0 Å². The average molecular weight is 324 g/mol. The van der Waals surface area contributed by atoms with Gasteiger partial charge in [-0.1, -0.05) is 38.5 Å². The SMILES string of the molecule is CCCCC[NH2+]CCCCC.O=Cc1cc([N+](=O)[O-])ccc1[O-]. The van der Waals surface area contributed by atoms with Crippen LogP contribution in [0.3, 0.4) is 0 Å². The van der Waals surface area contributed by atoms with E-state index in [2.05, 4.69) is 19.2 Å². The summed E-state index contributed by atoms with van der Waals surface area (Å²) in [4.78, 5) is 19.7. The molecule has 0 aliphatic carbocycles. The first kappa shape index (κ1) is 21.0. The summed E-state index contributed by atoms with van der Waals surface area (Å²) < 4.78 is 0. The molecule has 23 heavy (non-hydrogen) atoms. The van der Waals surface area contributed by atoms with Crippen molar-refractivity contribution < 1.29 is 20.1 Å². The monoisotopic (exact) mass is 324 g/mol. The maximum atomic E-state index is 10.8. The number of benzene rings is 1. The van der Waals surface area contributed by atoms with E-state index in [4.69, 9.17) is 0 Å². The number of non-ortho nitro benzene ring substituents is 1. The molecule has 1 rings (SSSR count). The van der Waals surface area contributed by atoms with E-state index in [1.165, 1.54) is 51.6 Å². The third-order valence-electron chi connectivity index (χ3n) is 3.35. The highest BCUT2D eigenvalue weighted by Gasteiger charge is 2.05. The Bertz CT molecular complexity index is 456. The zero-order chi connectivity index (χ0) is 17.5. The van der Waals surface area contributed by atoms with Gasteiger partial charge in [0.1, 0.15) is 6.29 Å². The van der Waals surface area contributed by atoms with Crippen LogP contribution in [0.1, 0.15) is 62.7 Å². The van der Waals surface area contributed by atoms with Crippen molar-refractivity contribution >= 4 is 12.0 Å². The number of aldehydes is 1. The van der Waals surface area contributed by atoms with Crippen molar-refractivity contribution in [1.29, 1.82) is 0 Å². The van der Waals surface area contributed by atoms with Crippen LogP contribution in [0.4, 0.5) is 5.69 Å². The summed E-state index contributed by atoms with van der Waals surface area (Å²) in [5.41, 5.74) is -0.444. The molecule has 6 heteroatoms. The van der Waals surface area contributed by atoms with Gasteiger partial charge in [-0.05, 0) is 25.7 Å². The van der Waals surface area contributed by atoms with Crippen LogP contribution in [-0.2, 0) is 0 Å². The zero-order valence-corrected chi connectivity index (χ0v) is 14.1. The molecule has 0 spiro atoms. The smallest absolute Gasteiger partial charge is 0.270 e. The molecule has 0 amide bonds. The van der Waals surface area contributed by atoms with E-state index in [9.17, 15) is 20.0 Å². The van der Waals surface area contributed by atoms with E-state index in [1.807, 2.05) is 0 Å². The molecule has 0 aliphatic heterocycles. The molecule has 0 aromatic heterocycles. The second-order valence-electron chi connectivity index (χ2n) is 5.38. The maximum Gasteiger partial charge on any atom is 0.270 e. The van der Waals surface area contributed by atoms with E-state index in [0.29, 0.717) is 6.29 Å². The third kappa shape index (κ3) is 10.4. The number of unbranched alkanes of at least 4 members (excludes halogenated alkanes) is 4. The Hall–Kier alpha value is -1.95. The highest BCUT2D eigenvalue weighted by Crippen LogP contribution is 2.18. The molecule has 130 valence electrons. The lowest BCUT2D eigenvalue weighted by atomic mass is 10.2. The van der Waals surface area contributed by atoms with E-state index in [0.717, 1.165) is 18.2 Å². The molecule has 1 aromatic carbocycles. The second kappa shape index (κ2) is 13.7. The van der Waals surface area contributed by atoms with Crippen molar-refractivity contribution in [3.63, 3.8) is 0 Å². The van der Waals surface area contributed by atoms with Crippen LogP contribution in [0, 0.1) is 10.1 Å². The van der Waals surface area contributed by atoms with Crippen LogP contribution in [0.25, 0.3) is 0 Å². The number of nitrogens with two attached hydrogens (primary N) is 1. The number of nitro benzene ring substituents is 1. The van der Waals surface area contributed by atoms with Crippen molar-refractivity contribution in [2.75, 3.05) is 13.1 Å². The van der Waals surface area contributed by atoms with Gasteiger partial charge in [0, 0.05) is 17.7 Å². The highest BCUT2D eigenvalue weighted by atomic mass is 16.6. The quantitative estimate of drug-likeness (QED) is 0.309. The average Bonchev–Trinajstić information content (AvgIpc) is 2.55. The highest BCUT2D eigenvalue weighted by molar-refractivity contribution is 5.80. The molecule has 0 heterocycles. The normalized spacial score (nSPS) is 9.83. The summed E-state index contributed by atoms with van der Waals surface area (Å²) >= 11 is 0. The summed E-state index contributed by atoms with van der Waals surface area (Å²) in [5, 5.41) is 23.4. The lowest BCUT2D eigenvalue weighted by Gasteiger charge is -2.06. The fourth-order valence-electron chi connectivity index (χ4n) is 1.96. The first-order valence-electron chi connectivity index (χ1n) is 8.29. The fourth-order valence-corrected chi connectivity index (χ4v) is 1.96. The maximum absolute atomic E-state index is 10.8. The summed E-state index contributed by atoms with van der Waals surface area (Å²) in [6.07, 6.45) is 8.63. The number of nitro groups is 1. The number of nitrogens with zero attached hydrogens (tertiary/aromatic N) is 1. The van der Waals surface area contributed by atoms with Crippen LogP contribution < -0.4 is 10.4 Å². The second-order valence-corrected chi connectivity index (χ2v) is 5.38. The Kier molecular flexibility index (Phi) is 12.5. The van der Waals surface area contributed by atoms with Crippen LogP contribution in [0.5, 0.6) is 5.75 Å². The van der Waals surface area contributed by atoms with Crippen LogP contribution in [0.15, 0.2) is 18.2 Å². The molecule has 1 aromatic rings. The van der Waals surface area contributed by atoms with Crippen molar-refractivity contribution in [2.45, 2.75) is 52.4 Å². The van der Waals surface area contributed by atoms with Gasteiger partial charge in [-0.3, -0.25) is 14.9 Å². The Morgan fingerprint density at radius 1 is 1.09 bits per heavy atom. The topological polar surface area (TPSA) is 99.9 Å². The van der Waals surface area contributed by atoms with Gasteiger partial charge in [0.2, 0.25) is 0 Å². The molecule has 0 aliphatic rings. The van der Waals surface area contributed by atoms with Crippen molar-refractivity contribution in [2.24, 2.45) is 0 Å². The van der Waals surface area contributed by atoms with Gasteiger partial charge in [0.25, 0.3) is 5.69 Å². The molecule has 6 nitrogen and oxygen atoms in total. The molecule has 0 saturated heterocycles. The number of carbonyl (C=O) groups is 1. The largest absolute Gasteiger partial charge is 0.872 e. The van der Waals surface area contributed by atoms with Crippen molar-refractivity contribution in [3.8, 4) is 5.75 Å². The van der Waals surface area contributed by atoms with E-state index in [-0.39, 0.29) is 11.3 Å². The summed E-state index contributed by atoms with van der Waals surface area (Å²) in [5.74, 6) is -0.504. The van der Waals surface area contributed by atoms with Gasteiger partial charge in [-0.25, -0.2) is 0 Å². The number of hydrogen-bond donors (Lipinski definition) is 1. The zero-order valence-electron chi connectivity index (χ0n) is 14.1. The first-order valence-corrected chi connectivity index (χ1v) is 8.29. The minimum absolute atomic E-state index is 0.191. The van der Waals surface area contributed by atoms with Crippen LogP contribution in [-0.4, -0.2) is 24.3 Å². The first-order chi connectivity index (χ1) is 11.1. The van der Waals surface area contributed by atoms with Gasteiger partial charge < -0.3 is 10.4 Å². The molecule has 0 unspecified atom stereocenters. The number of rotatable bonds is 10. The summed E-state index contributed by atoms with van der Waals surface area (Å²) in [6, 6.07) is 3.02. The van der Waals surface area contributed by atoms with Gasteiger partial charge in [-0.2, -0.15) is 0 Å². The molecule has 2 N–H and O–H groups in total. The van der Waals surface area contributed by atoms with Crippen molar-refractivity contribution in [3.05, 3.63) is 33.9 Å². The number of hydrogen-bond acceptors (Lipinski definition) is 4. The predicted octanol–water partition coefficient (Wildman–Crippen LogP) is 2.41. The van der Waals surface area contributed by atoms with Gasteiger partial charge >= 0.3 is 0 Å². The molecule has 0 atom stereocenters. The molecule has 0 fully saturated rings. The standard InChI is InChI=1S/C10H23N.C7H5NO4/c1-3-5-7-9-11-10-8-6-4-2;9-4-5-3-6(8(11)12)1-2-7(5)10/h11H,3-10H2,1-2H3;1-4,10H. The summed E-state index contributed by atoms with van der Waals surface area (Å²) in [7, 11) is 0. The van der Waals surface area contributed by atoms with Gasteiger partial charge in [0.15, 0.2) is 0 Å². The fraction of sp³-hybridized carbons (Fsp3) is 0.588. The molecular weight excluding hydrogens is 296 g/mol. The summed E-state index contributed by atoms with van der Waals surface area (Å²) in [6.45, 7) is 7.21. The lowest BCUT2D eigenvalue weighted by molar-refractivity contribution is -0.655. The molecule has 0 bridgehead atoms. The lowest BCUT2D eigenvalue weighted by Crippen LogP contribution is -2.84. The Labute approximate surface area is 138 Å². The number of quaternary nitrogens is 1. The van der Waals surface area contributed by atoms with Crippen LogP contribution in [0.2, 0.25) is 0 Å². The predicted molar refractivity (Wildman–Crippen MR) is 88.6 cm³/mol. The van der Waals surface area contributed by atoms with E-state index < -0.39 is 10.7 Å². The minimum Gasteiger partial charge on any atom is -0.872 e. The van der Waals surface area contributed by atoms with E-state index in [1.54, 1.807) is 0 Å². The molecular formula is C17H28N2O4. The third-order valence-corrected chi connectivity index (χ3v) is 3.35. The van der Waals surface area contributed by atoms with Gasteiger partial charge in [-0.15, -0.1) is 0 Å². The Balaban J connectivity index is 0.000000423. The van der Waals surface area contributed by atoms with Gasteiger partial charge in [0.05, 0.1) is 18.0 Å². The number of carbonyl (C=O) groups excluding carboxylic acids is 1. The minimum atomic E-state index is -0.660. The molecule has 0 saturated carbocycles. The Morgan fingerprint density at radius 2 is 1.65 bits per heavy atom. The Morgan fingerprint density at radius 3 is 2.09 bits per heavy atom. The molecule has 0 radical (unpaired) electrons. The van der Waals surface area contributed by atoms with Crippen molar-refractivity contribution in [1.82, 2.24) is 0 Å².